The molecule has 0 unspecified atom stereocenters. The van der Waals surface area contributed by atoms with Crippen molar-refractivity contribution in [3.05, 3.63) is 43.1 Å². The summed E-state index contributed by atoms with van der Waals surface area (Å²) in [6, 6.07) is 7.36. The van der Waals surface area contributed by atoms with E-state index in [1.807, 2.05) is 23.1 Å². The number of fused-ring (bicyclic) bond motifs is 2. The first-order valence-electron chi connectivity index (χ1n) is 8.84. The van der Waals surface area contributed by atoms with Crippen LogP contribution in [0.4, 0.5) is 5.69 Å². The lowest BCUT2D eigenvalue weighted by molar-refractivity contribution is -0.657. The Kier molecular flexibility index (Phi) is 6.69. The van der Waals surface area contributed by atoms with Crippen LogP contribution < -0.4 is 9.47 Å². The number of carboxylic acids is 1. The SMILES string of the molecule is O=C(O)C[n+]1c(C=C2Sc3ccc(Cl)cc3N2CCCS(=O)(=O)[O-])sc2sc(Br)cc21. The number of rotatable bonds is 7. The van der Waals surface area contributed by atoms with E-state index in [0.29, 0.717) is 11.6 Å². The van der Waals surface area contributed by atoms with E-state index in [9.17, 15) is 22.9 Å². The lowest BCUT2D eigenvalue weighted by Crippen LogP contribution is -2.39. The summed E-state index contributed by atoms with van der Waals surface area (Å²) in [5.74, 6) is -1.41. The zero-order chi connectivity index (χ0) is 22.3. The van der Waals surface area contributed by atoms with Crippen LogP contribution in [0.5, 0.6) is 0 Å². The monoisotopic (exact) mass is 580 g/mol. The summed E-state index contributed by atoms with van der Waals surface area (Å²) in [5.41, 5.74) is 1.67. The van der Waals surface area contributed by atoms with E-state index in [1.54, 1.807) is 16.7 Å². The second-order valence-corrected chi connectivity index (χ2v) is 13.3. The first-order valence-corrected chi connectivity index (χ1v) is 14.0. The summed E-state index contributed by atoms with van der Waals surface area (Å²) in [7, 11) is -4.31. The standard InChI is InChI=1S/C18H14BrClN2O5S4/c19-14-7-12-18(29-14)30-16(22(12)9-17(23)24)8-15-21(4-1-5-31(25,26)27)11-6-10(20)2-3-13(11)28-15/h2-3,6-8H,1,4-5,9H2,(H-,23,24,25,26,27). The summed E-state index contributed by atoms with van der Waals surface area (Å²) < 4.78 is 36.8. The van der Waals surface area contributed by atoms with E-state index in [1.165, 1.54) is 34.4 Å². The molecule has 1 aliphatic heterocycles. The third-order valence-electron chi connectivity index (χ3n) is 4.41. The van der Waals surface area contributed by atoms with Crippen molar-refractivity contribution in [3.8, 4) is 0 Å². The van der Waals surface area contributed by atoms with Crippen LogP contribution in [0.15, 0.2) is 38.0 Å². The molecular formula is C18H14BrClN2O5S4. The molecule has 0 saturated carbocycles. The number of thioether (sulfide) groups is 1. The maximum absolute atomic E-state index is 11.5. The highest BCUT2D eigenvalue weighted by atomic mass is 79.9. The highest BCUT2D eigenvalue weighted by Crippen LogP contribution is 2.48. The van der Waals surface area contributed by atoms with Crippen LogP contribution in [0.1, 0.15) is 11.4 Å². The molecular weight excluding hydrogens is 568 g/mol. The second kappa shape index (κ2) is 9.00. The Labute approximate surface area is 203 Å². The van der Waals surface area contributed by atoms with Crippen LogP contribution in [-0.2, 0) is 21.5 Å². The number of hydrogen-bond acceptors (Lipinski definition) is 8. The van der Waals surface area contributed by atoms with Gasteiger partial charge in [0, 0.05) is 28.3 Å². The Hall–Kier alpha value is -1.15. The maximum Gasteiger partial charge on any atom is 0.370 e. The van der Waals surface area contributed by atoms with Crippen molar-refractivity contribution >= 4 is 99.3 Å². The molecule has 1 N–H and O–H groups in total. The van der Waals surface area contributed by atoms with Crippen LogP contribution in [0.3, 0.4) is 0 Å². The van der Waals surface area contributed by atoms with Crippen molar-refractivity contribution in [2.75, 3.05) is 17.2 Å². The predicted octanol–water partition coefficient (Wildman–Crippen LogP) is 4.60. The van der Waals surface area contributed by atoms with Gasteiger partial charge in [-0.2, -0.15) is 4.57 Å². The van der Waals surface area contributed by atoms with Crippen molar-refractivity contribution < 1.29 is 27.4 Å². The summed E-state index contributed by atoms with van der Waals surface area (Å²) in [6.07, 6.45) is 2.07. The molecule has 31 heavy (non-hydrogen) atoms. The molecule has 164 valence electrons. The fraction of sp³-hybridized carbons (Fsp3) is 0.222. The van der Waals surface area contributed by atoms with Gasteiger partial charge >= 0.3 is 5.97 Å². The molecule has 0 aliphatic carbocycles. The predicted molar refractivity (Wildman–Crippen MR) is 127 cm³/mol. The van der Waals surface area contributed by atoms with Gasteiger partial charge in [0.05, 0.1) is 30.7 Å². The number of benzene rings is 1. The topological polar surface area (TPSA) is 102 Å². The van der Waals surface area contributed by atoms with Gasteiger partial charge in [-0.1, -0.05) is 34.7 Å². The zero-order valence-electron chi connectivity index (χ0n) is 15.6. The average Bonchev–Trinajstić information content (AvgIpc) is 3.27. The number of aromatic nitrogens is 1. The van der Waals surface area contributed by atoms with Gasteiger partial charge in [-0.05, 0) is 40.5 Å². The minimum absolute atomic E-state index is 0.164. The van der Waals surface area contributed by atoms with E-state index >= 15 is 0 Å². The lowest BCUT2D eigenvalue weighted by atomic mass is 10.2. The zero-order valence-corrected chi connectivity index (χ0v) is 21.2. The maximum atomic E-state index is 11.5. The van der Waals surface area contributed by atoms with Gasteiger partial charge < -0.3 is 14.6 Å². The Balaban J connectivity index is 1.74. The minimum Gasteiger partial charge on any atom is -0.748 e. The van der Waals surface area contributed by atoms with Crippen molar-refractivity contribution in [2.45, 2.75) is 17.9 Å². The summed E-state index contributed by atoms with van der Waals surface area (Å²) in [5, 5.41) is 11.5. The highest BCUT2D eigenvalue weighted by molar-refractivity contribution is 9.11. The molecule has 0 amide bonds. The molecule has 1 aliphatic rings. The van der Waals surface area contributed by atoms with E-state index < -0.39 is 21.8 Å². The molecule has 0 bridgehead atoms. The van der Waals surface area contributed by atoms with Crippen LogP contribution in [0, 0.1) is 0 Å². The van der Waals surface area contributed by atoms with E-state index in [-0.39, 0.29) is 13.0 Å². The summed E-state index contributed by atoms with van der Waals surface area (Å²) in [4.78, 5) is 14.3. The molecule has 0 saturated heterocycles. The summed E-state index contributed by atoms with van der Waals surface area (Å²) >= 11 is 14.1. The first kappa shape index (κ1) is 23.0. The Morgan fingerprint density at radius 1 is 1.32 bits per heavy atom. The van der Waals surface area contributed by atoms with E-state index in [0.717, 1.165) is 33.9 Å². The summed E-state index contributed by atoms with van der Waals surface area (Å²) in [6.45, 7) is 0.137. The molecule has 3 heterocycles. The minimum atomic E-state index is -4.31. The smallest absolute Gasteiger partial charge is 0.370 e. The molecule has 0 fully saturated rings. The van der Waals surface area contributed by atoms with Gasteiger partial charge in [0.2, 0.25) is 12.1 Å². The number of carboxylic acid groups (broad SMARTS) is 1. The van der Waals surface area contributed by atoms with Crippen molar-refractivity contribution in [1.29, 1.82) is 0 Å². The van der Waals surface area contributed by atoms with Gasteiger partial charge in [-0.3, -0.25) is 0 Å². The van der Waals surface area contributed by atoms with Crippen LogP contribution in [0.25, 0.3) is 15.6 Å². The molecule has 2 aromatic heterocycles. The second-order valence-electron chi connectivity index (χ2n) is 6.61. The number of hydrogen-bond donors (Lipinski definition) is 1. The van der Waals surface area contributed by atoms with Crippen LogP contribution in [0.2, 0.25) is 5.02 Å². The number of anilines is 1. The van der Waals surface area contributed by atoms with Crippen molar-refractivity contribution in [2.24, 2.45) is 0 Å². The molecule has 3 aromatic rings. The number of thiazole rings is 1. The van der Waals surface area contributed by atoms with E-state index in [4.69, 9.17) is 11.6 Å². The molecule has 0 spiro atoms. The van der Waals surface area contributed by atoms with Gasteiger partial charge in [0.1, 0.15) is 0 Å². The van der Waals surface area contributed by atoms with Crippen molar-refractivity contribution in [1.82, 2.24) is 0 Å². The normalized spacial score (nSPS) is 15.2. The third-order valence-corrected chi connectivity index (χ3v) is 9.41. The Bertz CT molecular complexity index is 1320. The number of aliphatic carboxylic acids is 1. The molecule has 1 aromatic carbocycles. The van der Waals surface area contributed by atoms with Gasteiger partial charge in [-0.15, -0.1) is 11.3 Å². The molecule has 0 radical (unpaired) electrons. The fourth-order valence-electron chi connectivity index (χ4n) is 3.19. The van der Waals surface area contributed by atoms with Gasteiger partial charge in [-0.25, -0.2) is 13.2 Å². The molecule has 13 heteroatoms. The third kappa shape index (κ3) is 5.27. The fourth-order valence-corrected chi connectivity index (χ4v) is 8.26. The quantitative estimate of drug-likeness (QED) is 0.321. The largest absolute Gasteiger partial charge is 0.748 e. The number of thiophene rings is 1. The van der Waals surface area contributed by atoms with E-state index in [2.05, 4.69) is 15.9 Å². The lowest BCUT2D eigenvalue weighted by Gasteiger charge is -2.20. The van der Waals surface area contributed by atoms with Gasteiger partial charge in [0.15, 0.2) is 4.01 Å². The highest BCUT2D eigenvalue weighted by Gasteiger charge is 2.29. The average molecular weight is 582 g/mol. The molecule has 0 atom stereocenters. The van der Waals surface area contributed by atoms with Crippen LogP contribution >= 0.6 is 62.0 Å². The van der Waals surface area contributed by atoms with Gasteiger partial charge in [0.25, 0.3) is 5.01 Å². The Morgan fingerprint density at radius 3 is 2.81 bits per heavy atom. The number of nitrogens with zero attached hydrogens (tertiary/aromatic N) is 2. The van der Waals surface area contributed by atoms with Crippen molar-refractivity contribution in [3.63, 3.8) is 0 Å². The first-order chi connectivity index (χ1) is 14.6. The van der Waals surface area contributed by atoms with Crippen LogP contribution in [-0.4, -0.2) is 36.3 Å². The number of halogens is 2. The molecule has 4 rings (SSSR count). The number of carbonyl (C=O) groups is 1. The Morgan fingerprint density at radius 2 is 2.10 bits per heavy atom. The molecule has 7 nitrogen and oxygen atoms in total.